The number of imidazole rings is 1. The van der Waals surface area contributed by atoms with Crippen molar-refractivity contribution in [2.45, 2.75) is 57.0 Å². The number of carbonyl (C=O) groups excluding carboxylic acids is 4. The van der Waals surface area contributed by atoms with E-state index in [0.29, 0.717) is 17.0 Å². The highest BCUT2D eigenvalue weighted by atomic mass is 19.1. The van der Waals surface area contributed by atoms with E-state index in [0.717, 1.165) is 123 Å². The van der Waals surface area contributed by atoms with Crippen LogP contribution in [0.1, 0.15) is 77.3 Å². The van der Waals surface area contributed by atoms with Gasteiger partial charge in [-0.2, -0.15) is 0 Å². The molecule has 0 bridgehead atoms. The van der Waals surface area contributed by atoms with Gasteiger partial charge in [-0.1, -0.05) is 18.2 Å². The van der Waals surface area contributed by atoms with Gasteiger partial charge in [0, 0.05) is 64.5 Å². The number of imide groups is 1. The van der Waals surface area contributed by atoms with Crippen molar-refractivity contribution >= 4 is 46.4 Å². The normalized spacial score (nSPS) is 22.0. The van der Waals surface area contributed by atoms with E-state index < -0.39 is 17.9 Å². The number of piperidine rings is 1. The Morgan fingerprint density at radius 3 is 2.34 bits per heavy atom. The number of benzene rings is 2. The van der Waals surface area contributed by atoms with E-state index in [4.69, 9.17) is 10.1 Å². The summed E-state index contributed by atoms with van der Waals surface area (Å²) in [7, 11) is 0. The maximum atomic E-state index is 14.1. The van der Waals surface area contributed by atoms with Crippen LogP contribution in [0.2, 0.25) is 0 Å². The Bertz CT molecular complexity index is 2470. The van der Waals surface area contributed by atoms with Crippen LogP contribution in [0.3, 0.4) is 0 Å². The van der Waals surface area contributed by atoms with Gasteiger partial charge in [-0.25, -0.2) is 18.9 Å². The smallest absolute Gasteiger partial charge is 0.262 e. The second-order valence-electron chi connectivity index (χ2n) is 16.6. The molecule has 7 heterocycles. The minimum absolute atomic E-state index is 0.0673. The third-order valence-electron chi connectivity index (χ3n) is 13.0. The molecule has 4 fully saturated rings. The van der Waals surface area contributed by atoms with Crippen molar-refractivity contribution in [1.82, 2.24) is 29.4 Å². The minimum atomic E-state index is -0.859. The van der Waals surface area contributed by atoms with E-state index in [-0.39, 0.29) is 42.7 Å². The molecule has 10 rings (SSSR count). The molecule has 2 amide bonds. The second kappa shape index (κ2) is 15.3. The summed E-state index contributed by atoms with van der Waals surface area (Å²) in [6, 6.07) is 21.6. The number of fused-ring (bicyclic) bond motifs is 2. The molecular weight excluding hydrogens is 750 g/mol. The van der Waals surface area contributed by atoms with Crippen LogP contribution < -0.4 is 14.7 Å². The van der Waals surface area contributed by atoms with Gasteiger partial charge in [0.05, 0.1) is 41.5 Å². The lowest BCUT2D eigenvalue weighted by Crippen LogP contribution is -2.49. The summed E-state index contributed by atoms with van der Waals surface area (Å²) >= 11 is 0. The van der Waals surface area contributed by atoms with Gasteiger partial charge in [0.1, 0.15) is 28.9 Å². The number of pyridine rings is 1. The average molecular weight is 796 g/mol. The van der Waals surface area contributed by atoms with Gasteiger partial charge < -0.3 is 14.7 Å². The number of hydrogen-bond donors (Lipinski definition) is 0. The number of anilines is 3. The highest BCUT2D eigenvalue weighted by molar-refractivity contribution is 6.24. The molecule has 3 saturated heterocycles. The topological polar surface area (TPSA) is 128 Å². The molecule has 0 N–H and O–H groups in total. The number of halogens is 1. The number of amides is 2. The number of rotatable bonds is 8. The van der Waals surface area contributed by atoms with Crippen molar-refractivity contribution in [1.29, 1.82) is 0 Å². The predicted molar refractivity (Wildman–Crippen MR) is 220 cm³/mol. The molecule has 2 atom stereocenters. The third kappa shape index (κ3) is 7.02. The van der Waals surface area contributed by atoms with E-state index >= 15 is 0 Å². The molecular formula is C45H46FN9O4. The molecule has 5 aromatic rings. The van der Waals surface area contributed by atoms with E-state index in [1.165, 1.54) is 6.07 Å². The van der Waals surface area contributed by atoms with Crippen LogP contribution in [-0.4, -0.2) is 111 Å². The SMILES string of the molecule is O=C1CCC(N2C(=O)c3ccc(N4CCC(CN5CCN(c6cccc(-c7cnc8ccc(N9CCC[C@@H]9c9cccc(F)c9)nn78)n6)CC5)CC4)cc3C2=O)C(=O)C1. The largest absolute Gasteiger partial charge is 0.371 e. The van der Waals surface area contributed by atoms with Gasteiger partial charge in [0.2, 0.25) is 0 Å². The number of hydrogen-bond acceptors (Lipinski definition) is 11. The highest BCUT2D eigenvalue weighted by Gasteiger charge is 2.44. The predicted octanol–water partition coefficient (Wildman–Crippen LogP) is 5.60. The molecule has 4 aliphatic heterocycles. The lowest BCUT2D eigenvalue weighted by Gasteiger charge is -2.39. The molecule has 1 aliphatic carbocycles. The van der Waals surface area contributed by atoms with Crippen LogP contribution in [0.5, 0.6) is 0 Å². The monoisotopic (exact) mass is 795 g/mol. The zero-order valence-electron chi connectivity index (χ0n) is 32.9. The van der Waals surface area contributed by atoms with Crippen LogP contribution >= 0.6 is 0 Å². The Morgan fingerprint density at radius 2 is 1.53 bits per heavy atom. The van der Waals surface area contributed by atoms with E-state index in [9.17, 15) is 23.6 Å². The molecule has 302 valence electrons. The molecule has 0 radical (unpaired) electrons. The number of nitrogens with zero attached hydrogens (tertiary/aromatic N) is 9. The van der Waals surface area contributed by atoms with Crippen LogP contribution in [0.15, 0.2) is 79.0 Å². The fraction of sp³-hybridized carbons (Fsp3) is 0.400. The maximum absolute atomic E-state index is 14.1. The Kier molecular flexibility index (Phi) is 9.66. The van der Waals surface area contributed by atoms with Crippen LogP contribution in [0.25, 0.3) is 17.0 Å². The summed E-state index contributed by atoms with van der Waals surface area (Å²) in [6.45, 7) is 7.26. The molecule has 0 spiro atoms. The van der Waals surface area contributed by atoms with Crippen LogP contribution in [-0.2, 0) is 9.59 Å². The van der Waals surface area contributed by atoms with Crippen LogP contribution in [0.4, 0.5) is 21.7 Å². The first-order valence-electron chi connectivity index (χ1n) is 20.9. The standard InChI is InChI=1S/C45H46FN9O4/c46-31-5-1-4-30(24-31)37-7-3-17-53(37)43-14-13-41-47-27-39(55(41)49-43)36-6-2-8-42(48-36)52-22-20-50(21-23-52)28-29-15-18-51(19-16-29)32-9-11-34-35(25-32)45(59)54(44(34)58)38-12-10-33(56)26-40(38)57/h1-2,4-6,8-9,11,13-14,24-25,27,29,37-38H,3,7,10,12,15-23,26,28H2/t37-,38?/m1/s1. The average Bonchev–Trinajstić information content (AvgIpc) is 3.98. The summed E-state index contributed by atoms with van der Waals surface area (Å²) in [5.74, 6) is 0.734. The lowest BCUT2D eigenvalue weighted by atomic mass is 9.92. The van der Waals surface area contributed by atoms with Crippen molar-refractivity contribution < 1.29 is 23.6 Å². The van der Waals surface area contributed by atoms with Gasteiger partial charge in [-0.3, -0.25) is 29.0 Å². The molecule has 3 aromatic heterocycles. The summed E-state index contributed by atoms with van der Waals surface area (Å²) < 4.78 is 16.0. The quantitative estimate of drug-likeness (QED) is 0.144. The number of aromatic nitrogens is 4. The van der Waals surface area contributed by atoms with Crippen molar-refractivity contribution in [3.05, 3.63) is 102 Å². The Labute approximate surface area is 341 Å². The minimum Gasteiger partial charge on any atom is -0.371 e. The third-order valence-corrected chi connectivity index (χ3v) is 13.0. The summed E-state index contributed by atoms with van der Waals surface area (Å²) in [5.41, 5.74) is 4.94. The van der Waals surface area contributed by atoms with Gasteiger partial charge in [-0.15, -0.1) is 5.10 Å². The molecule has 14 heteroatoms. The molecule has 1 unspecified atom stereocenters. The number of ketones is 2. The Morgan fingerprint density at radius 1 is 0.712 bits per heavy atom. The van der Waals surface area contributed by atoms with E-state index in [1.807, 2.05) is 47.1 Å². The van der Waals surface area contributed by atoms with E-state index in [2.05, 4.69) is 30.6 Å². The van der Waals surface area contributed by atoms with Gasteiger partial charge >= 0.3 is 0 Å². The summed E-state index contributed by atoms with van der Waals surface area (Å²) in [5, 5.41) is 5.04. The van der Waals surface area contributed by atoms with Crippen molar-refractivity contribution in [2.24, 2.45) is 5.92 Å². The molecule has 1 saturated carbocycles. The van der Waals surface area contributed by atoms with Crippen LogP contribution in [0, 0.1) is 11.7 Å². The van der Waals surface area contributed by atoms with Gasteiger partial charge in [0.15, 0.2) is 11.4 Å². The van der Waals surface area contributed by atoms with Gasteiger partial charge in [-0.05, 0) is 98.2 Å². The second-order valence-corrected chi connectivity index (χ2v) is 16.6. The lowest BCUT2D eigenvalue weighted by molar-refractivity contribution is -0.132. The first-order chi connectivity index (χ1) is 28.8. The number of piperazine rings is 1. The first-order valence-corrected chi connectivity index (χ1v) is 20.9. The molecule has 5 aliphatic rings. The maximum Gasteiger partial charge on any atom is 0.262 e. The van der Waals surface area contributed by atoms with Crippen molar-refractivity contribution in [3.63, 3.8) is 0 Å². The fourth-order valence-electron chi connectivity index (χ4n) is 9.79. The molecule has 13 nitrogen and oxygen atoms in total. The summed E-state index contributed by atoms with van der Waals surface area (Å²) in [6.07, 6.45) is 6.04. The Balaban J connectivity index is 0.745. The fourth-order valence-corrected chi connectivity index (χ4v) is 9.79. The number of carbonyl (C=O) groups is 4. The molecule has 59 heavy (non-hydrogen) atoms. The van der Waals surface area contributed by atoms with Crippen molar-refractivity contribution in [3.8, 4) is 11.4 Å². The Hall–Kier alpha value is -6.02. The summed E-state index contributed by atoms with van der Waals surface area (Å²) in [4.78, 5) is 71.2. The van der Waals surface area contributed by atoms with Crippen molar-refractivity contribution in [2.75, 3.05) is 67.1 Å². The zero-order chi connectivity index (χ0) is 40.2. The number of Topliss-reactive ketones (excluding diaryl/α,β-unsaturated/α-hetero) is 2. The molecule has 2 aromatic carbocycles. The zero-order valence-corrected chi connectivity index (χ0v) is 32.9. The van der Waals surface area contributed by atoms with Gasteiger partial charge in [0.25, 0.3) is 11.8 Å². The van der Waals surface area contributed by atoms with E-state index in [1.54, 1.807) is 24.3 Å². The first kappa shape index (κ1) is 37.3. The highest BCUT2D eigenvalue weighted by Crippen LogP contribution is 2.37.